The fourth-order valence-electron chi connectivity index (χ4n) is 2.54. The van der Waals surface area contributed by atoms with Gasteiger partial charge in [0, 0.05) is 35.4 Å². The third-order valence-corrected chi connectivity index (χ3v) is 3.72. The van der Waals surface area contributed by atoms with Crippen molar-refractivity contribution in [2.24, 2.45) is 7.05 Å². The minimum Gasteiger partial charge on any atom is -0.508 e. The average molecular weight is 317 g/mol. The number of phenols is 1. The molecule has 0 aliphatic carbocycles. The number of nitrogens with one attached hydrogen (secondary N) is 1. The van der Waals surface area contributed by atoms with Gasteiger partial charge in [0.1, 0.15) is 17.4 Å². The first-order valence-electron chi connectivity index (χ1n) is 7.35. The van der Waals surface area contributed by atoms with Crippen LogP contribution in [0, 0.1) is 11.3 Å². The number of nitrogens with zero attached hydrogens (tertiary/aromatic N) is 2. The van der Waals surface area contributed by atoms with Crippen LogP contribution in [0.15, 0.2) is 60.3 Å². The third-order valence-electron chi connectivity index (χ3n) is 3.72. The zero-order chi connectivity index (χ0) is 17.1. The van der Waals surface area contributed by atoms with E-state index in [-0.39, 0.29) is 11.3 Å². The summed E-state index contributed by atoms with van der Waals surface area (Å²) in [5.41, 5.74) is 2.36. The maximum atomic E-state index is 12.3. The zero-order valence-corrected chi connectivity index (χ0v) is 13.0. The first-order chi connectivity index (χ1) is 11.6. The molecule has 1 amide bonds. The van der Waals surface area contributed by atoms with Crippen molar-refractivity contribution in [2.45, 2.75) is 0 Å². The summed E-state index contributed by atoms with van der Waals surface area (Å²) in [5, 5.41) is 22.2. The number of aromatic nitrogens is 1. The van der Waals surface area contributed by atoms with Crippen molar-refractivity contribution in [3.63, 3.8) is 0 Å². The van der Waals surface area contributed by atoms with E-state index in [4.69, 9.17) is 0 Å². The highest BCUT2D eigenvalue weighted by molar-refractivity contribution is 6.10. The molecular weight excluding hydrogens is 302 g/mol. The molecule has 2 aromatic carbocycles. The van der Waals surface area contributed by atoms with E-state index in [1.165, 1.54) is 12.1 Å². The summed E-state index contributed by atoms with van der Waals surface area (Å²) in [6, 6.07) is 15.8. The van der Waals surface area contributed by atoms with Crippen molar-refractivity contribution in [3.05, 3.63) is 65.9 Å². The number of para-hydroxylation sites is 1. The number of carbonyl (C=O) groups excluding carboxylic acids is 1. The summed E-state index contributed by atoms with van der Waals surface area (Å²) >= 11 is 0. The Morgan fingerprint density at radius 2 is 1.92 bits per heavy atom. The second-order valence-electron chi connectivity index (χ2n) is 5.38. The summed E-state index contributed by atoms with van der Waals surface area (Å²) in [6.07, 6.45) is 3.47. The van der Waals surface area contributed by atoms with Crippen LogP contribution in [0.1, 0.15) is 5.56 Å². The van der Waals surface area contributed by atoms with Crippen molar-refractivity contribution in [2.75, 3.05) is 5.32 Å². The number of amides is 1. The Kier molecular flexibility index (Phi) is 4.04. The highest BCUT2D eigenvalue weighted by Crippen LogP contribution is 2.23. The van der Waals surface area contributed by atoms with Crippen LogP contribution in [-0.2, 0) is 11.8 Å². The Morgan fingerprint density at radius 1 is 1.21 bits per heavy atom. The Bertz CT molecular complexity index is 976. The van der Waals surface area contributed by atoms with E-state index in [1.54, 1.807) is 18.2 Å². The predicted octanol–water partition coefficient (Wildman–Crippen LogP) is 3.43. The van der Waals surface area contributed by atoms with Crippen LogP contribution in [-0.4, -0.2) is 15.6 Å². The lowest BCUT2D eigenvalue weighted by Crippen LogP contribution is -2.13. The molecule has 0 aliphatic rings. The van der Waals surface area contributed by atoms with Gasteiger partial charge in [0.15, 0.2) is 0 Å². The number of anilines is 1. The molecule has 118 valence electrons. The van der Waals surface area contributed by atoms with Gasteiger partial charge in [0.05, 0.1) is 0 Å². The number of carbonyl (C=O) groups is 1. The lowest BCUT2D eigenvalue weighted by Gasteiger charge is -2.04. The van der Waals surface area contributed by atoms with Gasteiger partial charge in [0.2, 0.25) is 0 Å². The number of rotatable bonds is 3. The highest BCUT2D eigenvalue weighted by Gasteiger charge is 2.12. The van der Waals surface area contributed by atoms with Gasteiger partial charge in [-0.15, -0.1) is 0 Å². The second kappa shape index (κ2) is 6.31. The molecule has 0 unspecified atom stereocenters. The van der Waals surface area contributed by atoms with E-state index >= 15 is 0 Å². The molecule has 0 atom stereocenters. The molecule has 0 bridgehead atoms. The van der Waals surface area contributed by atoms with Crippen LogP contribution in [0.2, 0.25) is 0 Å². The second-order valence-corrected chi connectivity index (χ2v) is 5.38. The lowest BCUT2D eigenvalue weighted by molar-refractivity contribution is -0.112. The summed E-state index contributed by atoms with van der Waals surface area (Å²) in [7, 11) is 1.92. The van der Waals surface area contributed by atoms with Gasteiger partial charge in [0.25, 0.3) is 5.91 Å². The van der Waals surface area contributed by atoms with Gasteiger partial charge in [-0.1, -0.05) is 18.2 Å². The number of fused-ring (bicyclic) bond motifs is 1. The quantitative estimate of drug-likeness (QED) is 0.441. The fraction of sp³-hybridized carbons (Fsp3) is 0.0526. The highest BCUT2D eigenvalue weighted by atomic mass is 16.3. The monoisotopic (exact) mass is 317 g/mol. The molecule has 0 fully saturated rings. The standard InChI is InChI=1S/C19H15N3O2/c1-22-12-14(17-4-2-3-5-18(17)22)10-13(11-20)19(24)21-15-6-8-16(23)9-7-15/h2-10,12,23H,1H3,(H,21,24). The number of aromatic hydroxyl groups is 1. The minimum absolute atomic E-state index is 0.0134. The molecule has 0 spiro atoms. The van der Waals surface area contributed by atoms with Crippen LogP contribution >= 0.6 is 0 Å². The van der Waals surface area contributed by atoms with Crippen LogP contribution in [0.25, 0.3) is 17.0 Å². The van der Waals surface area contributed by atoms with Crippen molar-refractivity contribution in [3.8, 4) is 11.8 Å². The number of hydrogen-bond donors (Lipinski definition) is 2. The fourth-order valence-corrected chi connectivity index (χ4v) is 2.54. The largest absolute Gasteiger partial charge is 0.508 e. The molecule has 0 saturated heterocycles. The van der Waals surface area contributed by atoms with Crippen LogP contribution in [0.4, 0.5) is 5.69 Å². The lowest BCUT2D eigenvalue weighted by atomic mass is 10.1. The molecule has 1 aromatic heterocycles. The zero-order valence-electron chi connectivity index (χ0n) is 13.0. The number of benzene rings is 2. The van der Waals surface area contributed by atoms with Crippen molar-refractivity contribution >= 4 is 28.6 Å². The summed E-state index contributed by atoms with van der Waals surface area (Å²) in [6.45, 7) is 0. The van der Waals surface area contributed by atoms with Gasteiger partial charge in [-0.25, -0.2) is 0 Å². The third kappa shape index (κ3) is 2.99. The molecule has 5 heteroatoms. The molecule has 0 saturated carbocycles. The Morgan fingerprint density at radius 3 is 2.62 bits per heavy atom. The Balaban J connectivity index is 1.92. The molecule has 0 aliphatic heterocycles. The number of phenolic OH excluding ortho intramolecular Hbond substituents is 1. The Hall–Kier alpha value is -3.52. The first kappa shape index (κ1) is 15.4. The van der Waals surface area contributed by atoms with Crippen LogP contribution in [0.5, 0.6) is 5.75 Å². The van der Waals surface area contributed by atoms with E-state index in [2.05, 4.69) is 5.32 Å². The molecule has 5 nitrogen and oxygen atoms in total. The summed E-state index contributed by atoms with van der Waals surface area (Å²) < 4.78 is 1.95. The van der Waals surface area contributed by atoms with Gasteiger partial charge >= 0.3 is 0 Å². The Labute approximate surface area is 139 Å². The van der Waals surface area contributed by atoms with E-state index in [1.807, 2.05) is 48.1 Å². The van der Waals surface area contributed by atoms with Crippen molar-refractivity contribution in [1.29, 1.82) is 5.26 Å². The number of hydrogen-bond acceptors (Lipinski definition) is 3. The molecule has 24 heavy (non-hydrogen) atoms. The van der Waals surface area contributed by atoms with E-state index in [9.17, 15) is 15.2 Å². The number of nitriles is 1. The normalized spacial score (nSPS) is 11.2. The average Bonchev–Trinajstić information content (AvgIpc) is 2.91. The van der Waals surface area contributed by atoms with Gasteiger partial charge in [-0.05, 0) is 36.4 Å². The summed E-state index contributed by atoms with van der Waals surface area (Å²) in [5.74, 6) is -0.379. The van der Waals surface area contributed by atoms with Crippen LogP contribution in [0.3, 0.4) is 0 Å². The molecule has 3 aromatic rings. The molecule has 3 rings (SSSR count). The van der Waals surface area contributed by atoms with E-state index in [0.29, 0.717) is 5.69 Å². The maximum absolute atomic E-state index is 12.3. The van der Waals surface area contributed by atoms with Gasteiger partial charge in [-0.2, -0.15) is 5.26 Å². The number of aryl methyl sites for hydroxylation is 1. The predicted molar refractivity (Wildman–Crippen MR) is 93.2 cm³/mol. The topological polar surface area (TPSA) is 78.0 Å². The van der Waals surface area contributed by atoms with Crippen molar-refractivity contribution in [1.82, 2.24) is 4.57 Å². The van der Waals surface area contributed by atoms with Gasteiger partial charge in [-0.3, -0.25) is 4.79 Å². The van der Waals surface area contributed by atoms with E-state index < -0.39 is 5.91 Å². The van der Waals surface area contributed by atoms with Gasteiger partial charge < -0.3 is 15.0 Å². The first-order valence-corrected chi connectivity index (χ1v) is 7.35. The maximum Gasteiger partial charge on any atom is 0.266 e. The molecule has 1 heterocycles. The van der Waals surface area contributed by atoms with Crippen molar-refractivity contribution < 1.29 is 9.90 Å². The molecular formula is C19H15N3O2. The molecule has 2 N–H and O–H groups in total. The summed E-state index contributed by atoms with van der Waals surface area (Å²) in [4.78, 5) is 12.3. The van der Waals surface area contributed by atoms with Crippen LogP contribution < -0.4 is 5.32 Å². The molecule has 0 radical (unpaired) electrons. The minimum atomic E-state index is -0.490. The SMILES string of the molecule is Cn1cc(C=C(C#N)C(=O)Nc2ccc(O)cc2)c2ccccc21. The van der Waals surface area contributed by atoms with E-state index in [0.717, 1.165) is 16.5 Å². The smallest absolute Gasteiger partial charge is 0.266 e.